The van der Waals surface area contributed by atoms with Gasteiger partial charge in [-0.05, 0) is 62.2 Å². The van der Waals surface area contributed by atoms with E-state index >= 15 is 0 Å². The first-order valence-corrected chi connectivity index (χ1v) is 9.41. The molecule has 0 radical (unpaired) electrons. The van der Waals surface area contributed by atoms with Crippen LogP contribution in [0.4, 0.5) is 0 Å². The SMILES string of the molecule is C=CC(=O)OC1(C2CCCCC2)C2CC3CC1CC(C)(C3)C2. The zero-order valence-electron chi connectivity index (χ0n) is 14.0. The van der Waals surface area contributed by atoms with Crippen LogP contribution in [0.5, 0.6) is 0 Å². The van der Waals surface area contributed by atoms with E-state index in [1.54, 1.807) is 0 Å². The minimum atomic E-state index is -0.178. The van der Waals surface area contributed by atoms with Crippen LogP contribution in [0, 0.1) is 29.1 Å². The molecule has 0 aliphatic heterocycles. The summed E-state index contributed by atoms with van der Waals surface area (Å²) in [6, 6.07) is 0. The summed E-state index contributed by atoms with van der Waals surface area (Å²) in [5.74, 6) is 2.53. The molecule has 122 valence electrons. The first kappa shape index (κ1) is 14.8. The summed E-state index contributed by atoms with van der Waals surface area (Å²) in [5.41, 5.74) is 0.372. The monoisotopic (exact) mass is 302 g/mol. The lowest BCUT2D eigenvalue weighted by Gasteiger charge is -2.66. The normalized spacial score (nSPS) is 47.4. The molecule has 0 aromatic heterocycles. The number of rotatable bonds is 3. The summed E-state index contributed by atoms with van der Waals surface area (Å²) in [4.78, 5) is 12.2. The van der Waals surface area contributed by atoms with E-state index in [1.165, 1.54) is 70.3 Å². The average molecular weight is 302 g/mol. The van der Waals surface area contributed by atoms with Gasteiger partial charge >= 0.3 is 5.97 Å². The third-order valence-corrected chi connectivity index (χ3v) is 7.46. The molecule has 5 aliphatic carbocycles. The van der Waals surface area contributed by atoms with Gasteiger partial charge in [0.2, 0.25) is 0 Å². The Bertz CT molecular complexity index is 458. The van der Waals surface area contributed by atoms with Crippen molar-refractivity contribution in [2.75, 3.05) is 0 Å². The van der Waals surface area contributed by atoms with Crippen LogP contribution in [0.1, 0.15) is 71.1 Å². The fourth-order valence-electron chi connectivity index (χ4n) is 7.08. The molecule has 0 saturated heterocycles. The Balaban J connectivity index is 1.71. The van der Waals surface area contributed by atoms with Crippen LogP contribution in [0.25, 0.3) is 0 Å². The highest BCUT2D eigenvalue weighted by atomic mass is 16.6. The van der Waals surface area contributed by atoms with E-state index in [-0.39, 0.29) is 11.6 Å². The molecule has 0 aromatic rings. The summed E-state index contributed by atoms with van der Waals surface area (Å²) >= 11 is 0. The molecule has 5 saturated carbocycles. The van der Waals surface area contributed by atoms with Gasteiger partial charge < -0.3 is 4.74 Å². The topological polar surface area (TPSA) is 26.3 Å². The molecule has 0 N–H and O–H groups in total. The maximum absolute atomic E-state index is 12.2. The van der Waals surface area contributed by atoms with Gasteiger partial charge in [-0.3, -0.25) is 0 Å². The van der Waals surface area contributed by atoms with Crippen LogP contribution < -0.4 is 0 Å². The number of ether oxygens (including phenoxy) is 1. The van der Waals surface area contributed by atoms with Gasteiger partial charge in [0.25, 0.3) is 0 Å². The van der Waals surface area contributed by atoms with Crippen LogP contribution in [-0.4, -0.2) is 11.6 Å². The van der Waals surface area contributed by atoms with E-state index in [1.807, 2.05) is 0 Å². The second kappa shape index (κ2) is 5.11. The highest BCUT2D eigenvalue weighted by Gasteiger charge is 2.65. The Morgan fingerprint density at radius 2 is 1.68 bits per heavy atom. The van der Waals surface area contributed by atoms with Crippen LogP contribution >= 0.6 is 0 Å². The molecule has 2 nitrogen and oxygen atoms in total. The van der Waals surface area contributed by atoms with Gasteiger partial charge in [-0.15, -0.1) is 0 Å². The summed E-state index contributed by atoms with van der Waals surface area (Å²) < 4.78 is 6.29. The van der Waals surface area contributed by atoms with Gasteiger partial charge in [0, 0.05) is 17.9 Å². The molecular weight excluding hydrogens is 272 g/mol. The van der Waals surface area contributed by atoms with Gasteiger partial charge in [0.15, 0.2) is 0 Å². The number of hydrogen-bond donors (Lipinski definition) is 0. The average Bonchev–Trinajstić information content (AvgIpc) is 2.50. The van der Waals surface area contributed by atoms with Crippen molar-refractivity contribution >= 4 is 5.97 Å². The van der Waals surface area contributed by atoms with Crippen molar-refractivity contribution in [3.8, 4) is 0 Å². The molecule has 0 heterocycles. The molecule has 5 fully saturated rings. The fraction of sp³-hybridized carbons (Fsp3) is 0.850. The number of hydrogen-bond acceptors (Lipinski definition) is 2. The molecule has 0 spiro atoms. The van der Waals surface area contributed by atoms with Gasteiger partial charge in [-0.25, -0.2) is 4.79 Å². The largest absolute Gasteiger partial charge is 0.455 e. The molecule has 0 aromatic carbocycles. The predicted molar refractivity (Wildman–Crippen MR) is 87.3 cm³/mol. The van der Waals surface area contributed by atoms with E-state index in [2.05, 4.69) is 13.5 Å². The standard InChI is InChI=1S/C20H30O2/c1-3-18(21)22-20(15-7-5-4-6-8-15)16-9-14-10-17(20)13-19(2,11-14)12-16/h3,14-17H,1,4-13H2,2H3. The maximum atomic E-state index is 12.2. The van der Waals surface area contributed by atoms with Crippen LogP contribution in [0.3, 0.4) is 0 Å². The zero-order chi connectivity index (χ0) is 15.4. The quantitative estimate of drug-likeness (QED) is 0.548. The molecule has 2 unspecified atom stereocenters. The first-order chi connectivity index (χ1) is 10.6. The van der Waals surface area contributed by atoms with Gasteiger partial charge in [0.05, 0.1) is 0 Å². The van der Waals surface area contributed by atoms with Crippen molar-refractivity contribution in [3.05, 3.63) is 12.7 Å². The van der Waals surface area contributed by atoms with Crippen molar-refractivity contribution in [2.24, 2.45) is 29.1 Å². The Hall–Kier alpha value is -0.790. The van der Waals surface area contributed by atoms with Crippen molar-refractivity contribution in [2.45, 2.75) is 76.7 Å². The number of carbonyl (C=O) groups excluding carboxylic acids is 1. The predicted octanol–water partition coefficient (Wildman–Crippen LogP) is 4.88. The van der Waals surface area contributed by atoms with Crippen molar-refractivity contribution < 1.29 is 9.53 Å². The zero-order valence-corrected chi connectivity index (χ0v) is 14.0. The van der Waals surface area contributed by atoms with E-state index in [0.717, 1.165) is 5.92 Å². The minimum absolute atomic E-state index is 0.151. The molecule has 5 aliphatic rings. The van der Waals surface area contributed by atoms with E-state index in [9.17, 15) is 4.79 Å². The Morgan fingerprint density at radius 3 is 2.23 bits per heavy atom. The van der Waals surface area contributed by atoms with Gasteiger partial charge in [-0.1, -0.05) is 32.8 Å². The smallest absolute Gasteiger partial charge is 0.330 e. The molecule has 2 heteroatoms. The first-order valence-electron chi connectivity index (χ1n) is 9.41. The summed E-state index contributed by atoms with van der Waals surface area (Å²) in [5, 5.41) is 0. The van der Waals surface area contributed by atoms with Crippen molar-refractivity contribution in [3.63, 3.8) is 0 Å². The lowest BCUT2D eigenvalue weighted by Crippen LogP contribution is -2.65. The second-order valence-corrected chi connectivity index (χ2v) is 8.97. The molecule has 22 heavy (non-hydrogen) atoms. The molecule has 4 bridgehead atoms. The fourth-order valence-corrected chi connectivity index (χ4v) is 7.08. The summed E-state index contributed by atoms with van der Waals surface area (Å²) in [7, 11) is 0. The lowest BCUT2D eigenvalue weighted by molar-refractivity contribution is -0.242. The van der Waals surface area contributed by atoms with Crippen molar-refractivity contribution in [1.82, 2.24) is 0 Å². The number of carbonyl (C=O) groups is 1. The molecule has 2 atom stereocenters. The Labute approximate surface area is 134 Å². The minimum Gasteiger partial charge on any atom is -0.455 e. The highest BCUT2D eigenvalue weighted by Crippen LogP contribution is 2.67. The Kier molecular flexibility index (Phi) is 3.43. The van der Waals surface area contributed by atoms with Gasteiger partial charge in [0.1, 0.15) is 5.60 Å². The van der Waals surface area contributed by atoms with Crippen LogP contribution in [-0.2, 0) is 9.53 Å². The summed E-state index contributed by atoms with van der Waals surface area (Å²) in [6.45, 7) is 6.14. The lowest BCUT2D eigenvalue weighted by atomic mass is 9.42. The van der Waals surface area contributed by atoms with E-state index in [4.69, 9.17) is 4.74 Å². The van der Waals surface area contributed by atoms with Gasteiger partial charge in [-0.2, -0.15) is 0 Å². The maximum Gasteiger partial charge on any atom is 0.330 e. The van der Waals surface area contributed by atoms with E-state index in [0.29, 0.717) is 23.2 Å². The molecule has 5 rings (SSSR count). The molecular formula is C20H30O2. The number of esters is 1. The van der Waals surface area contributed by atoms with Crippen LogP contribution in [0.15, 0.2) is 12.7 Å². The second-order valence-electron chi connectivity index (χ2n) is 8.97. The van der Waals surface area contributed by atoms with Crippen molar-refractivity contribution in [1.29, 1.82) is 0 Å². The molecule has 0 amide bonds. The highest BCUT2D eigenvalue weighted by molar-refractivity contribution is 5.81. The third-order valence-electron chi connectivity index (χ3n) is 7.46. The third kappa shape index (κ3) is 2.09. The Morgan fingerprint density at radius 1 is 1.05 bits per heavy atom. The summed E-state index contributed by atoms with van der Waals surface area (Å²) in [6.07, 6.45) is 14.5. The van der Waals surface area contributed by atoms with Crippen LogP contribution in [0.2, 0.25) is 0 Å². The van der Waals surface area contributed by atoms with E-state index < -0.39 is 0 Å².